The van der Waals surface area contributed by atoms with Crippen molar-refractivity contribution in [3.8, 4) is 16.3 Å². The maximum atomic E-state index is 12.5. The first-order valence-electron chi connectivity index (χ1n) is 9.42. The van der Waals surface area contributed by atoms with Crippen molar-refractivity contribution in [1.29, 1.82) is 0 Å². The SMILES string of the molecule is O=C(NC(=S)Nc1cccc(OCc2ccccc2)c1)c1csc(-c2ccncc2)n1. The molecule has 8 heteroatoms. The van der Waals surface area contributed by atoms with Gasteiger partial charge in [0.2, 0.25) is 0 Å². The molecule has 0 radical (unpaired) electrons. The van der Waals surface area contributed by atoms with Crippen LogP contribution in [0.2, 0.25) is 0 Å². The number of pyridine rings is 1. The summed E-state index contributed by atoms with van der Waals surface area (Å²) in [6.45, 7) is 0.467. The lowest BCUT2D eigenvalue weighted by molar-refractivity contribution is 0.0973. The van der Waals surface area contributed by atoms with Crippen LogP contribution < -0.4 is 15.4 Å². The van der Waals surface area contributed by atoms with Crippen LogP contribution in [0.4, 0.5) is 5.69 Å². The van der Waals surface area contributed by atoms with Gasteiger partial charge in [-0.1, -0.05) is 36.4 Å². The van der Waals surface area contributed by atoms with Crippen molar-refractivity contribution >= 4 is 40.3 Å². The van der Waals surface area contributed by atoms with Crippen molar-refractivity contribution in [2.75, 3.05) is 5.32 Å². The molecule has 0 aliphatic heterocycles. The van der Waals surface area contributed by atoms with E-state index in [4.69, 9.17) is 17.0 Å². The molecule has 4 aromatic rings. The van der Waals surface area contributed by atoms with Crippen LogP contribution in [0.25, 0.3) is 10.6 Å². The highest BCUT2D eigenvalue weighted by Gasteiger charge is 2.13. The van der Waals surface area contributed by atoms with Gasteiger partial charge in [0.05, 0.1) is 0 Å². The summed E-state index contributed by atoms with van der Waals surface area (Å²) in [4.78, 5) is 20.9. The number of aromatic nitrogens is 2. The second-order valence-electron chi connectivity index (χ2n) is 6.48. The quantitative estimate of drug-likeness (QED) is 0.410. The first-order chi connectivity index (χ1) is 15.2. The highest BCUT2D eigenvalue weighted by atomic mass is 32.1. The predicted octanol–water partition coefficient (Wildman–Crippen LogP) is 4.91. The molecule has 4 rings (SSSR count). The van der Waals surface area contributed by atoms with Crippen LogP contribution >= 0.6 is 23.6 Å². The molecule has 1 amide bonds. The number of nitrogens with one attached hydrogen (secondary N) is 2. The van der Waals surface area contributed by atoms with Gasteiger partial charge in [-0.25, -0.2) is 4.98 Å². The molecule has 0 bridgehead atoms. The van der Waals surface area contributed by atoms with Gasteiger partial charge in [0.25, 0.3) is 5.91 Å². The third-order valence-corrected chi connectivity index (χ3v) is 5.33. The van der Waals surface area contributed by atoms with E-state index in [1.165, 1.54) is 11.3 Å². The van der Waals surface area contributed by atoms with Gasteiger partial charge < -0.3 is 10.1 Å². The highest BCUT2D eigenvalue weighted by molar-refractivity contribution is 7.80. The Morgan fingerprint density at radius 1 is 1.03 bits per heavy atom. The summed E-state index contributed by atoms with van der Waals surface area (Å²) in [6.07, 6.45) is 3.38. The molecule has 0 aliphatic rings. The van der Waals surface area contributed by atoms with E-state index in [1.54, 1.807) is 17.8 Å². The Balaban J connectivity index is 1.33. The van der Waals surface area contributed by atoms with Gasteiger partial charge in [-0.05, 0) is 42.0 Å². The maximum absolute atomic E-state index is 12.5. The topological polar surface area (TPSA) is 76.1 Å². The molecule has 0 unspecified atom stereocenters. The molecule has 0 atom stereocenters. The standard InChI is InChI=1S/C23H18N4O2S2/c28-21(20-15-31-22(26-20)17-9-11-24-12-10-17)27-23(30)25-18-7-4-8-19(13-18)29-14-16-5-2-1-3-6-16/h1-13,15H,14H2,(H2,25,27,28,30). The molecule has 0 aliphatic carbocycles. The van der Waals surface area contributed by atoms with Crippen LogP contribution in [-0.2, 0) is 6.61 Å². The summed E-state index contributed by atoms with van der Waals surface area (Å²) in [7, 11) is 0. The number of nitrogens with zero attached hydrogens (tertiary/aromatic N) is 2. The number of ether oxygens (including phenoxy) is 1. The second kappa shape index (κ2) is 9.92. The Kier molecular flexibility index (Phi) is 6.61. The molecule has 0 fully saturated rings. The third-order valence-electron chi connectivity index (χ3n) is 4.23. The summed E-state index contributed by atoms with van der Waals surface area (Å²) in [5.41, 5.74) is 3.01. The van der Waals surface area contributed by atoms with Crippen LogP contribution in [-0.4, -0.2) is 21.0 Å². The summed E-state index contributed by atoms with van der Waals surface area (Å²) in [5, 5.41) is 8.29. The molecule has 154 valence electrons. The monoisotopic (exact) mass is 446 g/mol. The number of thiazole rings is 1. The number of benzene rings is 2. The van der Waals surface area contributed by atoms with Gasteiger partial charge in [-0.15, -0.1) is 11.3 Å². The van der Waals surface area contributed by atoms with Crippen LogP contribution in [0.3, 0.4) is 0 Å². The van der Waals surface area contributed by atoms with Crippen LogP contribution in [0, 0.1) is 0 Å². The van der Waals surface area contributed by atoms with E-state index in [2.05, 4.69) is 20.6 Å². The van der Waals surface area contributed by atoms with Crippen molar-refractivity contribution in [3.05, 3.63) is 95.8 Å². The smallest absolute Gasteiger partial charge is 0.276 e. The average molecular weight is 447 g/mol. The Morgan fingerprint density at radius 2 is 1.84 bits per heavy atom. The fraction of sp³-hybridized carbons (Fsp3) is 0.0435. The molecule has 2 aromatic heterocycles. The summed E-state index contributed by atoms with van der Waals surface area (Å²) in [6, 6.07) is 21.0. The molecule has 0 spiro atoms. The number of amides is 1. The first kappa shape index (κ1) is 20.6. The summed E-state index contributed by atoms with van der Waals surface area (Å²) in [5.74, 6) is 0.329. The number of carbonyl (C=O) groups is 1. The lowest BCUT2D eigenvalue weighted by Gasteiger charge is -2.11. The van der Waals surface area contributed by atoms with Crippen LogP contribution in [0.1, 0.15) is 16.1 Å². The second-order valence-corrected chi connectivity index (χ2v) is 7.75. The molecule has 31 heavy (non-hydrogen) atoms. The maximum Gasteiger partial charge on any atom is 0.276 e. The van der Waals surface area contributed by atoms with Gasteiger partial charge >= 0.3 is 0 Å². The van der Waals surface area contributed by atoms with Crippen molar-refractivity contribution in [3.63, 3.8) is 0 Å². The molecule has 2 heterocycles. The summed E-state index contributed by atoms with van der Waals surface area (Å²) < 4.78 is 5.83. The van der Waals surface area contributed by atoms with Gasteiger partial charge in [-0.3, -0.25) is 15.1 Å². The van der Waals surface area contributed by atoms with Gasteiger partial charge in [0.15, 0.2) is 5.11 Å². The first-order valence-corrected chi connectivity index (χ1v) is 10.7. The lowest BCUT2D eigenvalue weighted by Crippen LogP contribution is -2.34. The fourth-order valence-corrected chi connectivity index (χ4v) is 3.76. The number of hydrogen-bond donors (Lipinski definition) is 2. The lowest BCUT2D eigenvalue weighted by atomic mass is 10.2. The van der Waals surface area contributed by atoms with Crippen molar-refractivity contribution in [1.82, 2.24) is 15.3 Å². The minimum atomic E-state index is -0.370. The predicted molar refractivity (Wildman–Crippen MR) is 126 cm³/mol. The Labute approximate surface area is 189 Å². The zero-order valence-electron chi connectivity index (χ0n) is 16.3. The number of thiocarbonyl (C=S) groups is 1. The average Bonchev–Trinajstić information content (AvgIpc) is 3.30. The molecule has 0 saturated carbocycles. The van der Waals surface area contributed by atoms with Gasteiger partial charge in [0, 0.05) is 35.1 Å². The molecule has 2 aromatic carbocycles. The Bertz CT molecular complexity index is 1180. The van der Waals surface area contributed by atoms with Gasteiger partial charge in [0.1, 0.15) is 23.1 Å². The molecular formula is C23H18N4O2S2. The summed E-state index contributed by atoms with van der Waals surface area (Å²) >= 11 is 6.67. The number of rotatable bonds is 6. The molecular weight excluding hydrogens is 428 g/mol. The van der Waals surface area contributed by atoms with Crippen molar-refractivity contribution in [2.24, 2.45) is 0 Å². The molecule has 0 saturated heterocycles. The van der Waals surface area contributed by atoms with E-state index in [0.29, 0.717) is 23.7 Å². The number of anilines is 1. The van der Waals surface area contributed by atoms with E-state index in [0.717, 1.165) is 16.1 Å². The Hall–Kier alpha value is -3.62. The van der Waals surface area contributed by atoms with Crippen molar-refractivity contribution in [2.45, 2.75) is 6.61 Å². The van der Waals surface area contributed by atoms with E-state index >= 15 is 0 Å². The minimum absolute atomic E-state index is 0.184. The molecule has 2 N–H and O–H groups in total. The fourth-order valence-electron chi connectivity index (χ4n) is 2.74. The zero-order valence-corrected chi connectivity index (χ0v) is 18.0. The molecule has 6 nitrogen and oxygen atoms in total. The van der Waals surface area contributed by atoms with Gasteiger partial charge in [-0.2, -0.15) is 0 Å². The van der Waals surface area contributed by atoms with Crippen LogP contribution in [0.5, 0.6) is 5.75 Å². The van der Waals surface area contributed by atoms with E-state index in [9.17, 15) is 4.79 Å². The van der Waals surface area contributed by atoms with E-state index in [1.807, 2.05) is 66.7 Å². The van der Waals surface area contributed by atoms with Crippen LogP contribution in [0.15, 0.2) is 84.5 Å². The zero-order chi connectivity index (χ0) is 21.5. The van der Waals surface area contributed by atoms with Crippen molar-refractivity contribution < 1.29 is 9.53 Å². The van der Waals surface area contributed by atoms with E-state index in [-0.39, 0.29) is 11.0 Å². The number of carbonyl (C=O) groups excluding carboxylic acids is 1. The highest BCUT2D eigenvalue weighted by Crippen LogP contribution is 2.23. The minimum Gasteiger partial charge on any atom is -0.489 e. The third kappa shape index (κ3) is 5.71. The van der Waals surface area contributed by atoms with E-state index < -0.39 is 0 Å². The normalized spacial score (nSPS) is 10.3. The number of hydrogen-bond acceptors (Lipinski definition) is 6. The Morgan fingerprint density at radius 3 is 2.65 bits per heavy atom. The largest absolute Gasteiger partial charge is 0.489 e.